The molecular weight excluding hydrogens is 328 g/mol. The van der Waals surface area contributed by atoms with E-state index < -0.39 is 0 Å². The van der Waals surface area contributed by atoms with Gasteiger partial charge in [-0.2, -0.15) is 0 Å². The van der Waals surface area contributed by atoms with Gasteiger partial charge in [-0.15, -0.1) is 12.4 Å². The average Bonchev–Trinajstić information content (AvgIpc) is 2.60. The number of nitrogens with one attached hydrogen (secondary N) is 1. The third-order valence-electron chi connectivity index (χ3n) is 3.51. The number of nitrogens with two attached hydrogens (primary N) is 1. The Morgan fingerprint density at radius 2 is 1.58 bits per heavy atom. The second kappa shape index (κ2) is 9.70. The molecule has 1 amide bonds. The van der Waals surface area contributed by atoms with E-state index in [1.165, 1.54) is 7.11 Å². The summed E-state index contributed by atoms with van der Waals surface area (Å²) in [4.78, 5) is 23.3. The van der Waals surface area contributed by atoms with Crippen molar-refractivity contribution in [3.8, 4) is 0 Å². The molecule has 0 spiro atoms. The molecule has 24 heavy (non-hydrogen) atoms. The lowest BCUT2D eigenvalue weighted by molar-refractivity contribution is -0.140. The van der Waals surface area contributed by atoms with Crippen molar-refractivity contribution in [3.63, 3.8) is 0 Å². The van der Waals surface area contributed by atoms with Gasteiger partial charge in [0.2, 0.25) is 0 Å². The first-order valence-corrected chi connectivity index (χ1v) is 7.38. The molecule has 6 heteroatoms. The number of hydrogen-bond acceptors (Lipinski definition) is 4. The number of hydrogen-bond donors (Lipinski definition) is 2. The molecule has 0 aliphatic rings. The van der Waals surface area contributed by atoms with Gasteiger partial charge in [0, 0.05) is 24.2 Å². The highest BCUT2D eigenvalue weighted by Crippen LogP contribution is 2.13. The molecule has 0 saturated carbocycles. The van der Waals surface area contributed by atoms with Gasteiger partial charge in [-0.05, 0) is 41.8 Å². The summed E-state index contributed by atoms with van der Waals surface area (Å²) >= 11 is 0. The van der Waals surface area contributed by atoms with Crippen molar-refractivity contribution in [3.05, 3.63) is 65.2 Å². The minimum Gasteiger partial charge on any atom is -0.469 e. The Balaban J connectivity index is 0.00000288. The molecule has 2 rings (SSSR count). The molecule has 0 atom stereocenters. The highest BCUT2D eigenvalue weighted by atomic mass is 35.5. The zero-order valence-electron chi connectivity index (χ0n) is 13.5. The average molecular weight is 349 g/mol. The summed E-state index contributed by atoms with van der Waals surface area (Å²) in [5, 5.41) is 2.84. The predicted molar refractivity (Wildman–Crippen MR) is 96.3 cm³/mol. The molecule has 2 aromatic rings. The number of esters is 1. The maximum absolute atomic E-state index is 12.1. The SMILES string of the molecule is COC(=O)CCc1ccc(NC(=O)c2ccc(CN)cc2)cc1.Cl. The van der Waals surface area contributed by atoms with E-state index in [9.17, 15) is 9.59 Å². The number of amides is 1. The highest BCUT2D eigenvalue weighted by Gasteiger charge is 2.06. The second-order valence-electron chi connectivity index (χ2n) is 5.13. The van der Waals surface area contributed by atoms with Gasteiger partial charge in [-0.3, -0.25) is 9.59 Å². The molecular formula is C18H21ClN2O3. The van der Waals surface area contributed by atoms with Crippen LogP contribution in [0.25, 0.3) is 0 Å². The molecule has 0 bridgehead atoms. The lowest BCUT2D eigenvalue weighted by atomic mass is 10.1. The first kappa shape index (κ1) is 19.7. The number of rotatable bonds is 6. The topological polar surface area (TPSA) is 81.4 Å². The lowest BCUT2D eigenvalue weighted by Gasteiger charge is -2.07. The number of carbonyl (C=O) groups is 2. The van der Waals surface area contributed by atoms with Gasteiger partial charge in [-0.25, -0.2) is 0 Å². The summed E-state index contributed by atoms with van der Waals surface area (Å²) in [5.74, 6) is -0.404. The van der Waals surface area contributed by atoms with Crippen molar-refractivity contribution in [2.45, 2.75) is 19.4 Å². The van der Waals surface area contributed by atoms with Crippen LogP contribution in [0.3, 0.4) is 0 Å². The van der Waals surface area contributed by atoms with Crippen LogP contribution < -0.4 is 11.1 Å². The van der Waals surface area contributed by atoms with Crippen molar-refractivity contribution >= 4 is 30.0 Å². The smallest absolute Gasteiger partial charge is 0.305 e. The summed E-state index contributed by atoms with van der Waals surface area (Å²) in [5.41, 5.74) is 8.82. The van der Waals surface area contributed by atoms with Crippen molar-refractivity contribution in [2.24, 2.45) is 5.73 Å². The number of carbonyl (C=O) groups excluding carboxylic acids is 2. The van der Waals surface area contributed by atoms with Gasteiger partial charge in [-0.1, -0.05) is 24.3 Å². The Morgan fingerprint density at radius 1 is 1.00 bits per heavy atom. The van der Waals surface area contributed by atoms with Gasteiger partial charge in [0.25, 0.3) is 5.91 Å². The fourth-order valence-electron chi connectivity index (χ4n) is 2.10. The van der Waals surface area contributed by atoms with Crippen LogP contribution in [0, 0.1) is 0 Å². The Morgan fingerprint density at radius 3 is 2.12 bits per heavy atom. The van der Waals surface area contributed by atoms with Crippen LogP contribution in [-0.2, 0) is 22.5 Å². The second-order valence-corrected chi connectivity index (χ2v) is 5.13. The fraction of sp³-hybridized carbons (Fsp3) is 0.222. The van der Waals surface area contributed by atoms with Crippen molar-refractivity contribution in [1.29, 1.82) is 0 Å². The monoisotopic (exact) mass is 348 g/mol. The molecule has 0 radical (unpaired) electrons. The van der Waals surface area contributed by atoms with Crippen molar-refractivity contribution < 1.29 is 14.3 Å². The van der Waals surface area contributed by atoms with E-state index >= 15 is 0 Å². The highest BCUT2D eigenvalue weighted by molar-refractivity contribution is 6.04. The van der Waals surface area contributed by atoms with E-state index in [0.29, 0.717) is 30.6 Å². The molecule has 5 nitrogen and oxygen atoms in total. The van der Waals surface area contributed by atoms with Crippen LogP contribution in [0.4, 0.5) is 5.69 Å². The van der Waals surface area contributed by atoms with E-state index in [4.69, 9.17) is 5.73 Å². The molecule has 0 unspecified atom stereocenters. The Bertz CT molecular complexity index is 670. The summed E-state index contributed by atoms with van der Waals surface area (Å²) in [6.07, 6.45) is 0.956. The van der Waals surface area contributed by atoms with Crippen LogP contribution >= 0.6 is 12.4 Å². The van der Waals surface area contributed by atoms with Crippen molar-refractivity contribution in [2.75, 3.05) is 12.4 Å². The quantitative estimate of drug-likeness (QED) is 0.786. The van der Waals surface area contributed by atoms with Crippen LogP contribution in [0.15, 0.2) is 48.5 Å². The predicted octanol–water partition coefficient (Wildman–Crippen LogP) is 2.93. The molecule has 0 heterocycles. The van der Waals surface area contributed by atoms with Crippen LogP contribution in [-0.4, -0.2) is 19.0 Å². The number of benzene rings is 2. The molecule has 2 aromatic carbocycles. The van der Waals surface area contributed by atoms with Gasteiger partial charge in [0.15, 0.2) is 0 Å². The van der Waals surface area contributed by atoms with Gasteiger partial charge >= 0.3 is 5.97 Å². The van der Waals surface area contributed by atoms with Gasteiger partial charge in [0.1, 0.15) is 0 Å². The first-order valence-electron chi connectivity index (χ1n) is 7.38. The molecule has 0 fully saturated rings. The molecule has 0 aliphatic carbocycles. The number of anilines is 1. The van der Waals surface area contributed by atoms with E-state index in [1.807, 2.05) is 36.4 Å². The number of aryl methyl sites for hydroxylation is 1. The maximum Gasteiger partial charge on any atom is 0.305 e. The van der Waals surface area contributed by atoms with Crippen LogP contribution in [0.5, 0.6) is 0 Å². The van der Waals surface area contributed by atoms with E-state index in [0.717, 1.165) is 11.1 Å². The van der Waals surface area contributed by atoms with Gasteiger partial charge < -0.3 is 15.8 Å². The fourth-order valence-corrected chi connectivity index (χ4v) is 2.10. The summed E-state index contributed by atoms with van der Waals surface area (Å²) in [6.45, 7) is 0.453. The zero-order chi connectivity index (χ0) is 16.7. The minimum absolute atomic E-state index is 0. The summed E-state index contributed by atoms with van der Waals surface area (Å²) in [7, 11) is 1.38. The molecule has 0 aromatic heterocycles. The number of halogens is 1. The first-order chi connectivity index (χ1) is 11.1. The minimum atomic E-state index is -0.233. The molecule has 128 valence electrons. The molecule has 0 aliphatic heterocycles. The number of methoxy groups -OCH3 is 1. The van der Waals surface area contributed by atoms with E-state index in [1.54, 1.807) is 12.1 Å². The van der Waals surface area contributed by atoms with Crippen molar-refractivity contribution in [1.82, 2.24) is 0 Å². The summed E-state index contributed by atoms with van der Waals surface area (Å²) in [6, 6.07) is 14.6. The van der Waals surface area contributed by atoms with E-state index in [-0.39, 0.29) is 24.3 Å². The lowest BCUT2D eigenvalue weighted by Crippen LogP contribution is -2.12. The summed E-state index contributed by atoms with van der Waals surface area (Å²) < 4.78 is 4.61. The number of ether oxygens (including phenoxy) is 1. The Hall–Kier alpha value is -2.37. The Labute approximate surface area is 147 Å². The molecule has 0 saturated heterocycles. The third-order valence-corrected chi connectivity index (χ3v) is 3.51. The van der Waals surface area contributed by atoms with Gasteiger partial charge in [0.05, 0.1) is 7.11 Å². The molecule has 3 N–H and O–H groups in total. The Kier molecular flexibility index (Phi) is 7.95. The zero-order valence-corrected chi connectivity index (χ0v) is 14.3. The van der Waals surface area contributed by atoms with E-state index in [2.05, 4.69) is 10.1 Å². The normalized spacial score (nSPS) is 9.75. The standard InChI is InChI=1S/C18H20N2O3.ClH/c1-23-17(21)11-6-13-4-9-16(10-5-13)20-18(22)15-7-2-14(12-19)3-8-15;/h2-5,7-10H,6,11-12,19H2,1H3,(H,20,22);1H. The van der Waals surface area contributed by atoms with Crippen LogP contribution in [0.2, 0.25) is 0 Å². The third kappa shape index (κ3) is 5.68. The largest absolute Gasteiger partial charge is 0.469 e. The maximum atomic E-state index is 12.1. The van der Waals surface area contributed by atoms with Crippen LogP contribution in [0.1, 0.15) is 27.9 Å².